The first-order valence-corrected chi connectivity index (χ1v) is 12.1. The van der Waals surface area contributed by atoms with Crippen molar-refractivity contribution in [1.29, 1.82) is 0 Å². The first-order chi connectivity index (χ1) is 17.0. The number of nitrogens with zero attached hydrogens (tertiary/aromatic N) is 1. The fourth-order valence-corrected chi connectivity index (χ4v) is 4.22. The first kappa shape index (κ1) is 25.0. The molecule has 2 N–H and O–H groups in total. The molecule has 0 bridgehead atoms. The highest BCUT2D eigenvalue weighted by Gasteiger charge is 2.32. The Morgan fingerprint density at radius 2 is 1.81 bits per heavy atom. The van der Waals surface area contributed by atoms with Crippen LogP contribution in [0, 0.1) is 6.92 Å². The maximum Gasteiger partial charge on any atom is 0.319 e. The average Bonchev–Trinajstić information content (AvgIpc) is 2.83. The molecule has 6 nitrogen and oxygen atoms in total. The highest BCUT2D eigenvalue weighted by Crippen LogP contribution is 2.37. The minimum atomic E-state index is -0.615. The fourth-order valence-electron chi connectivity index (χ4n) is 4.22. The van der Waals surface area contributed by atoms with E-state index in [4.69, 9.17) is 4.74 Å². The number of carbonyl (C=O) groups excluding carboxylic acids is 2. The molecule has 0 spiro atoms. The van der Waals surface area contributed by atoms with Gasteiger partial charge >= 0.3 is 6.03 Å². The number of hydrogen-bond acceptors (Lipinski definition) is 3. The lowest BCUT2D eigenvalue weighted by Gasteiger charge is -2.33. The van der Waals surface area contributed by atoms with E-state index >= 15 is 0 Å². The van der Waals surface area contributed by atoms with Gasteiger partial charge in [-0.1, -0.05) is 60.2 Å². The van der Waals surface area contributed by atoms with Crippen molar-refractivity contribution in [3.8, 4) is 5.75 Å². The van der Waals surface area contributed by atoms with Crippen LogP contribution in [0.2, 0.25) is 0 Å². The van der Waals surface area contributed by atoms with E-state index in [2.05, 4.69) is 17.2 Å². The van der Waals surface area contributed by atoms with E-state index in [9.17, 15) is 9.59 Å². The van der Waals surface area contributed by atoms with Crippen molar-refractivity contribution in [3.63, 3.8) is 0 Å². The van der Waals surface area contributed by atoms with Crippen LogP contribution >= 0.6 is 0 Å². The number of aryl methyl sites for hydroxylation is 1. The monoisotopic (exact) mass is 483 g/mol. The van der Waals surface area contributed by atoms with Crippen molar-refractivity contribution in [2.45, 2.75) is 52.8 Å². The highest BCUT2D eigenvalue weighted by atomic mass is 16.5. The van der Waals surface area contributed by atoms with E-state index in [1.54, 1.807) is 30.0 Å². The van der Waals surface area contributed by atoms with Crippen LogP contribution in [-0.4, -0.2) is 18.0 Å². The van der Waals surface area contributed by atoms with Gasteiger partial charge in [0, 0.05) is 5.69 Å². The van der Waals surface area contributed by atoms with Crippen LogP contribution in [0.5, 0.6) is 5.75 Å². The summed E-state index contributed by atoms with van der Waals surface area (Å²) in [6, 6.07) is 21.1. The predicted molar refractivity (Wildman–Crippen MR) is 145 cm³/mol. The van der Waals surface area contributed by atoms with E-state index < -0.39 is 11.6 Å². The van der Waals surface area contributed by atoms with Crippen LogP contribution in [0.4, 0.5) is 16.2 Å². The van der Waals surface area contributed by atoms with Gasteiger partial charge in [0.2, 0.25) is 0 Å². The van der Waals surface area contributed by atoms with Crippen LogP contribution in [-0.2, 0) is 16.9 Å². The van der Waals surface area contributed by atoms with Gasteiger partial charge in [-0.15, -0.1) is 0 Å². The Kier molecular flexibility index (Phi) is 6.88. The Balaban J connectivity index is 1.54. The number of nitrogens with one attached hydrogen (secondary N) is 2. The van der Waals surface area contributed by atoms with Gasteiger partial charge in [0.1, 0.15) is 5.75 Å². The Morgan fingerprint density at radius 3 is 2.50 bits per heavy atom. The average molecular weight is 484 g/mol. The number of hydrogen-bond donors (Lipinski definition) is 2. The lowest BCUT2D eigenvalue weighted by molar-refractivity contribution is -0.125. The van der Waals surface area contributed by atoms with E-state index in [1.165, 1.54) is 0 Å². The molecule has 3 aromatic carbocycles. The van der Waals surface area contributed by atoms with Gasteiger partial charge in [0.25, 0.3) is 5.91 Å². The smallest absolute Gasteiger partial charge is 0.319 e. The molecule has 0 saturated carbocycles. The van der Waals surface area contributed by atoms with Crippen molar-refractivity contribution in [2.24, 2.45) is 0 Å². The van der Waals surface area contributed by atoms with Crippen molar-refractivity contribution >= 4 is 28.9 Å². The number of amides is 3. The first-order valence-electron chi connectivity index (χ1n) is 12.1. The molecule has 1 aliphatic heterocycles. The van der Waals surface area contributed by atoms with E-state index in [1.807, 2.05) is 76.2 Å². The van der Waals surface area contributed by atoms with Crippen LogP contribution < -0.4 is 20.3 Å². The number of carbonyl (C=O) groups is 2. The normalized spacial score (nSPS) is 15.1. The maximum atomic E-state index is 13.0. The number of anilines is 2. The standard InChI is InChI=1S/C30H33N3O3/c1-19(2)23-8-7-9-24(16-23)30(5,6)32-29(35)31-25-14-15-27-26(17-25)33(28(34)21(4)36-27)18-22-12-10-20(3)11-13-22/h7-17,21H,1,18H2,2-6H3,(H2,31,32,35). The topological polar surface area (TPSA) is 70.7 Å². The number of allylic oxidation sites excluding steroid dienone is 1. The Hall–Kier alpha value is -4.06. The summed E-state index contributed by atoms with van der Waals surface area (Å²) in [6.07, 6.45) is -0.583. The van der Waals surface area contributed by atoms with Gasteiger partial charge in [-0.05, 0) is 75.6 Å². The summed E-state index contributed by atoms with van der Waals surface area (Å²) in [5.74, 6) is 0.486. The number of urea groups is 1. The summed E-state index contributed by atoms with van der Waals surface area (Å²) in [5.41, 5.74) is 5.73. The molecule has 36 heavy (non-hydrogen) atoms. The summed E-state index contributed by atoms with van der Waals surface area (Å²) in [4.78, 5) is 27.7. The molecule has 0 aliphatic carbocycles. The molecular formula is C30H33N3O3. The van der Waals surface area contributed by atoms with Crippen molar-refractivity contribution < 1.29 is 14.3 Å². The summed E-state index contributed by atoms with van der Waals surface area (Å²) in [6.45, 7) is 14.1. The molecule has 4 rings (SSSR count). The second-order valence-corrected chi connectivity index (χ2v) is 9.92. The van der Waals surface area contributed by atoms with Crippen LogP contribution in [0.15, 0.2) is 73.3 Å². The number of ether oxygens (including phenoxy) is 1. The summed E-state index contributed by atoms with van der Waals surface area (Å²) in [7, 11) is 0. The molecule has 186 valence electrons. The van der Waals surface area contributed by atoms with Crippen LogP contribution in [0.25, 0.3) is 5.57 Å². The van der Waals surface area contributed by atoms with Crippen molar-refractivity contribution in [1.82, 2.24) is 5.32 Å². The Bertz CT molecular complexity index is 1310. The molecule has 0 fully saturated rings. The van der Waals surface area contributed by atoms with Gasteiger partial charge in [-0.3, -0.25) is 4.79 Å². The zero-order valence-electron chi connectivity index (χ0n) is 21.5. The lowest BCUT2D eigenvalue weighted by Crippen LogP contribution is -2.44. The van der Waals surface area contributed by atoms with Gasteiger partial charge in [0.15, 0.2) is 6.10 Å². The zero-order valence-corrected chi connectivity index (χ0v) is 21.5. The second kappa shape index (κ2) is 9.90. The Labute approximate surface area is 213 Å². The molecule has 0 radical (unpaired) electrons. The van der Waals surface area contributed by atoms with E-state index in [0.29, 0.717) is 23.7 Å². The minimum absolute atomic E-state index is 0.122. The summed E-state index contributed by atoms with van der Waals surface area (Å²) >= 11 is 0. The third kappa shape index (κ3) is 5.43. The Morgan fingerprint density at radius 1 is 1.08 bits per heavy atom. The zero-order chi connectivity index (χ0) is 26.0. The second-order valence-electron chi connectivity index (χ2n) is 9.92. The molecule has 1 unspecified atom stereocenters. The molecule has 3 aromatic rings. The molecule has 0 aromatic heterocycles. The summed E-state index contributed by atoms with van der Waals surface area (Å²) < 4.78 is 5.83. The fraction of sp³-hybridized carbons (Fsp3) is 0.267. The molecular weight excluding hydrogens is 450 g/mol. The van der Waals surface area contributed by atoms with Crippen molar-refractivity contribution in [2.75, 3.05) is 10.2 Å². The van der Waals surface area contributed by atoms with Gasteiger partial charge in [-0.25, -0.2) is 4.79 Å². The van der Waals surface area contributed by atoms with Gasteiger partial charge in [0.05, 0.1) is 17.8 Å². The highest BCUT2D eigenvalue weighted by molar-refractivity contribution is 6.01. The summed E-state index contributed by atoms with van der Waals surface area (Å²) in [5, 5.41) is 5.96. The molecule has 1 heterocycles. The van der Waals surface area contributed by atoms with Crippen molar-refractivity contribution in [3.05, 3.63) is 95.6 Å². The SMILES string of the molecule is C=C(C)c1cccc(C(C)(C)NC(=O)Nc2ccc3c(c2)N(Cc2ccc(C)cc2)C(=O)C(C)O3)c1. The maximum absolute atomic E-state index is 13.0. The molecule has 1 aliphatic rings. The van der Waals surface area contributed by atoms with Crippen LogP contribution in [0.3, 0.4) is 0 Å². The number of rotatable bonds is 6. The predicted octanol–water partition coefficient (Wildman–Crippen LogP) is 6.40. The third-order valence-corrected chi connectivity index (χ3v) is 6.39. The van der Waals surface area contributed by atoms with Gasteiger partial charge < -0.3 is 20.3 Å². The number of fused-ring (bicyclic) bond motifs is 1. The quantitative estimate of drug-likeness (QED) is 0.426. The minimum Gasteiger partial charge on any atom is -0.479 e. The molecule has 6 heteroatoms. The van der Waals surface area contributed by atoms with E-state index in [-0.39, 0.29) is 11.9 Å². The van der Waals surface area contributed by atoms with Gasteiger partial charge in [-0.2, -0.15) is 0 Å². The lowest BCUT2D eigenvalue weighted by atomic mass is 9.92. The molecule has 0 saturated heterocycles. The van der Waals surface area contributed by atoms with Crippen LogP contribution in [0.1, 0.15) is 49.9 Å². The molecule has 3 amide bonds. The largest absolute Gasteiger partial charge is 0.479 e. The molecule has 1 atom stereocenters. The third-order valence-electron chi connectivity index (χ3n) is 6.39. The number of benzene rings is 3. The van der Waals surface area contributed by atoms with E-state index in [0.717, 1.165) is 27.8 Å².